The number of hydrogen-bond donors (Lipinski definition) is 2. The maximum Gasteiger partial charge on any atom is 0.181 e. The van der Waals surface area contributed by atoms with E-state index in [0.717, 1.165) is 6.54 Å². The predicted molar refractivity (Wildman–Crippen MR) is 74.3 cm³/mol. The van der Waals surface area contributed by atoms with E-state index in [1.54, 1.807) is 29.6 Å². The Balaban J connectivity index is 1.72. The maximum absolute atomic E-state index is 6.07. The maximum atomic E-state index is 6.07. The first-order chi connectivity index (χ1) is 9.84. The molecule has 3 N–H and O–H groups in total. The molecule has 3 aromatic rings. The van der Waals surface area contributed by atoms with Gasteiger partial charge >= 0.3 is 0 Å². The van der Waals surface area contributed by atoms with Gasteiger partial charge in [0.1, 0.15) is 12.0 Å². The summed E-state index contributed by atoms with van der Waals surface area (Å²) in [4.78, 5) is 12.3. The predicted octanol–water partition coefficient (Wildman–Crippen LogP) is 0.553. The minimum Gasteiger partial charge on any atom is -0.393 e. The summed E-state index contributed by atoms with van der Waals surface area (Å²) in [5.41, 5.74) is 6.54. The van der Waals surface area contributed by atoms with Crippen LogP contribution in [0, 0.1) is 0 Å². The number of anilines is 2. The van der Waals surface area contributed by atoms with Crippen LogP contribution in [0.3, 0.4) is 0 Å². The molecule has 20 heavy (non-hydrogen) atoms. The summed E-state index contributed by atoms with van der Waals surface area (Å²) in [7, 11) is 0. The molecule has 102 valence electrons. The average Bonchev–Trinajstić information content (AvgIpc) is 3.13. The Morgan fingerprint density at radius 2 is 2.15 bits per heavy atom. The quantitative estimate of drug-likeness (QED) is 0.702. The molecule has 3 heterocycles. The number of hydrogen-bond acceptors (Lipinski definition) is 6. The van der Waals surface area contributed by atoms with Crippen molar-refractivity contribution in [1.29, 1.82) is 0 Å². The topological polar surface area (TPSA) is 99.5 Å². The van der Waals surface area contributed by atoms with Gasteiger partial charge in [0.05, 0.1) is 6.33 Å². The summed E-state index contributed by atoms with van der Waals surface area (Å²) in [5, 5.41) is 7.30. The lowest BCUT2D eigenvalue weighted by molar-refractivity contribution is 0.725. The Morgan fingerprint density at radius 1 is 1.20 bits per heavy atom. The minimum absolute atomic E-state index is 0.474. The molecule has 0 bridgehead atoms. The number of nitrogens with zero attached hydrogens (tertiary/aromatic N) is 6. The number of nitrogen functional groups attached to an aromatic ring is 1. The Bertz CT molecular complexity index is 659. The number of nitrogens with one attached hydrogen (secondary N) is 1. The third-order valence-corrected chi connectivity index (χ3v) is 2.81. The van der Waals surface area contributed by atoms with E-state index in [-0.39, 0.29) is 0 Å². The SMILES string of the molecule is Nc1c(NCCn2ccnc2)ncnc1-n1cccn1. The number of imidazole rings is 1. The molecule has 0 saturated heterocycles. The van der Waals surface area contributed by atoms with Crippen LogP contribution in [0.5, 0.6) is 0 Å². The highest BCUT2D eigenvalue weighted by molar-refractivity contribution is 5.68. The van der Waals surface area contributed by atoms with Crippen molar-refractivity contribution in [2.45, 2.75) is 6.54 Å². The summed E-state index contributed by atoms with van der Waals surface area (Å²) in [6.45, 7) is 1.47. The van der Waals surface area contributed by atoms with E-state index in [0.29, 0.717) is 23.9 Å². The molecule has 0 atom stereocenters. The Labute approximate surface area is 115 Å². The van der Waals surface area contributed by atoms with Gasteiger partial charge in [-0.05, 0) is 6.07 Å². The molecule has 0 spiro atoms. The Kier molecular flexibility index (Phi) is 3.27. The molecular weight excluding hydrogens is 256 g/mol. The molecule has 0 aliphatic rings. The molecule has 0 aliphatic carbocycles. The summed E-state index contributed by atoms with van der Waals surface area (Å²) in [6, 6.07) is 1.81. The van der Waals surface area contributed by atoms with Gasteiger partial charge in [-0.15, -0.1) is 0 Å². The van der Waals surface area contributed by atoms with Crippen molar-refractivity contribution in [3.8, 4) is 5.82 Å². The normalized spacial score (nSPS) is 10.6. The molecule has 0 saturated carbocycles. The second-order valence-electron chi connectivity index (χ2n) is 4.14. The zero-order chi connectivity index (χ0) is 13.8. The van der Waals surface area contributed by atoms with Crippen LogP contribution in [0.25, 0.3) is 5.82 Å². The van der Waals surface area contributed by atoms with E-state index in [9.17, 15) is 0 Å². The van der Waals surface area contributed by atoms with Gasteiger partial charge in [0.2, 0.25) is 0 Å². The van der Waals surface area contributed by atoms with Crippen molar-refractivity contribution in [1.82, 2.24) is 29.3 Å². The van der Waals surface area contributed by atoms with E-state index in [2.05, 4.69) is 25.4 Å². The molecule has 0 aromatic carbocycles. The van der Waals surface area contributed by atoms with Crippen molar-refractivity contribution in [2.75, 3.05) is 17.6 Å². The van der Waals surface area contributed by atoms with Gasteiger partial charge < -0.3 is 15.6 Å². The largest absolute Gasteiger partial charge is 0.393 e. The van der Waals surface area contributed by atoms with E-state index in [1.807, 2.05) is 16.8 Å². The van der Waals surface area contributed by atoms with Crippen LogP contribution in [-0.2, 0) is 6.54 Å². The van der Waals surface area contributed by atoms with E-state index >= 15 is 0 Å². The van der Waals surface area contributed by atoms with Crippen molar-refractivity contribution in [2.24, 2.45) is 0 Å². The first-order valence-electron chi connectivity index (χ1n) is 6.14. The molecule has 3 rings (SSSR count). The van der Waals surface area contributed by atoms with Crippen molar-refractivity contribution in [3.05, 3.63) is 43.5 Å². The first-order valence-corrected chi connectivity index (χ1v) is 6.14. The zero-order valence-electron chi connectivity index (χ0n) is 10.7. The number of rotatable bonds is 5. The molecule has 0 fully saturated rings. The third-order valence-electron chi connectivity index (χ3n) is 2.81. The Morgan fingerprint density at radius 3 is 2.90 bits per heavy atom. The molecule has 3 aromatic heterocycles. The second kappa shape index (κ2) is 5.39. The highest BCUT2D eigenvalue weighted by Crippen LogP contribution is 2.20. The van der Waals surface area contributed by atoms with Gasteiger partial charge in [0, 0.05) is 37.9 Å². The third kappa shape index (κ3) is 2.44. The summed E-state index contributed by atoms with van der Waals surface area (Å²) < 4.78 is 3.58. The molecule has 0 unspecified atom stereocenters. The molecule has 0 radical (unpaired) electrons. The van der Waals surface area contributed by atoms with E-state index < -0.39 is 0 Å². The Hall–Kier alpha value is -2.90. The van der Waals surface area contributed by atoms with E-state index in [1.165, 1.54) is 6.33 Å². The lowest BCUT2D eigenvalue weighted by Crippen LogP contribution is -2.14. The average molecular weight is 270 g/mol. The zero-order valence-corrected chi connectivity index (χ0v) is 10.7. The van der Waals surface area contributed by atoms with Crippen LogP contribution in [0.4, 0.5) is 11.5 Å². The second-order valence-corrected chi connectivity index (χ2v) is 4.14. The molecule has 0 aliphatic heterocycles. The van der Waals surface area contributed by atoms with Crippen molar-refractivity contribution >= 4 is 11.5 Å². The molecule has 8 heteroatoms. The van der Waals surface area contributed by atoms with Gasteiger partial charge in [-0.3, -0.25) is 0 Å². The molecule has 0 amide bonds. The van der Waals surface area contributed by atoms with Crippen LogP contribution in [-0.4, -0.2) is 35.8 Å². The van der Waals surface area contributed by atoms with E-state index in [4.69, 9.17) is 5.73 Å². The monoisotopic (exact) mass is 270 g/mol. The minimum atomic E-state index is 0.474. The van der Waals surface area contributed by atoms with Crippen molar-refractivity contribution in [3.63, 3.8) is 0 Å². The first kappa shape index (κ1) is 12.2. The summed E-state index contributed by atoms with van der Waals surface area (Å²) in [5.74, 6) is 1.17. The fraction of sp³-hybridized carbons (Fsp3) is 0.167. The van der Waals surface area contributed by atoms with Crippen LogP contribution < -0.4 is 11.1 Å². The number of aromatic nitrogens is 6. The van der Waals surface area contributed by atoms with Gasteiger partial charge in [-0.1, -0.05) is 0 Å². The van der Waals surface area contributed by atoms with Gasteiger partial charge in [-0.25, -0.2) is 19.6 Å². The lowest BCUT2D eigenvalue weighted by atomic mass is 10.4. The van der Waals surface area contributed by atoms with Gasteiger partial charge in [0.25, 0.3) is 0 Å². The lowest BCUT2D eigenvalue weighted by Gasteiger charge is -2.11. The van der Waals surface area contributed by atoms with Crippen LogP contribution >= 0.6 is 0 Å². The summed E-state index contributed by atoms with van der Waals surface area (Å²) >= 11 is 0. The number of nitrogens with two attached hydrogens (primary N) is 1. The van der Waals surface area contributed by atoms with Crippen LogP contribution in [0.2, 0.25) is 0 Å². The highest BCUT2D eigenvalue weighted by atomic mass is 15.3. The summed E-state index contributed by atoms with van der Waals surface area (Å²) in [6.07, 6.45) is 10.3. The van der Waals surface area contributed by atoms with Gasteiger partial charge in [0.15, 0.2) is 11.6 Å². The van der Waals surface area contributed by atoms with Gasteiger partial charge in [-0.2, -0.15) is 5.10 Å². The van der Waals surface area contributed by atoms with Crippen LogP contribution in [0.1, 0.15) is 0 Å². The smallest absolute Gasteiger partial charge is 0.181 e. The molecular formula is C12H14N8. The molecule has 8 nitrogen and oxygen atoms in total. The standard InChI is InChI=1S/C12H14N8/c13-10-11(15-4-7-19-6-3-14-9-19)16-8-17-12(10)20-5-1-2-18-20/h1-3,5-6,8-9H,4,7,13H2,(H,15,16,17). The van der Waals surface area contributed by atoms with Crippen LogP contribution in [0.15, 0.2) is 43.5 Å². The van der Waals surface area contributed by atoms with Crippen molar-refractivity contribution < 1.29 is 0 Å². The highest BCUT2D eigenvalue weighted by Gasteiger charge is 2.09. The fourth-order valence-electron chi connectivity index (χ4n) is 1.83. The fourth-order valence-corrected chi connectivity index (χ4v) is 1.83.